The minimum absolute atomic E-state index is 0.0864. The Morgan fingerprint density at radius 1 is 1.62 bits per heavy atom. The van der Waals surface area contributed by atoms with Crippen LogP contribution in [0.3, 0.4) is 0 Å². The first-order chi connectivity index (χ1) is 6.24. The van der Waals surface area contributed by atoms with Crippen LogP contribution in [-0.4, -0.2) is 28.6 Å². The maximum absolute atomic E-state index is 11.1. The minimum Gasteiger partial charge on any atom is -0.382 e. The van der Waals surface area contributed by atoms with E-state index < -0.39 is 12.0 Å². The number of anilines is 1. The summed E-state index contributed by atoms with van der Waals surface area (Å²) in [6, 6.07) is 3.25. The second-order valence-corrected chi connectivity index (χ2v) is 2.48. The summed E-state index contributed by atoms with van der Waals surface area (Å²) in [5.41, 5.74) is 5.69. The van der Waals surface area contributed by atoms with Crippen LogP contribution in [0.25, 0.3) is 0 Å². The van der Waals surface area contributed by atoms with Gasteiger partial charge < -0.3 is 16.2 Å². The van der Waals surface area contributed by atoms with Gasteiger partial charge in [-0.2, -0.15) is 0 Å². The van der Waals surface area contributed by atoms with E-state index in [2.05, 4.69) is 10.3 Å². The Hall–Kier alpha value is -1.46. The highest BCUT2D eigenvalue weighted by Gasteiger charge is 2.11. The molecular weight excluding hydrogens is 170 g/mol. The first kappa shape index (κ1) is 9.63. The molecule has 0 saturated carbocycles. The number of aliphatic hydroxyl groups is 1. The normalized spacial score (nSPS) is 12.2. The molecule has 0 saturated heterocycles. The molecule has 70 valence electrons. The number of nitrogens with one attached hydrogen (secondary N) is 1. The third-order valence-corrected chi connectivity index (χ3v) is 1.47. The lowest BCUT2D eigenvalue weighted by molar-refractivity contribution is -0.123. The Labute approximate surface area is 75.6 Å². The molecule has 4 N–H and O–H groups in total. The lowest BCUT2D eigenvalue weighted by Crippen LogP contribution is -2.34. The number of amides is 1. The van der Waals surface area contributed by atoms with Crippen LogP contribution in [-0.2, 0) is 4.79 Å². The molecule has 1 rings (SSSR count). The number of nitrogens with zero attached hydrogens (tertiary/aromatic N) is 1. The Bertz CT molecular complexity index is 276. The van der Waals surface area contributed by atoms with Gasteiger partial charge in [0.2, 0.25) is 0 Å². The van der Waals surface area contributed by atoms with Crippen molar-refractivity contribution in [2.45, 2.75) is 6.10 Å². The first-order valence-corrected chi connectivity index (χ1v) is 3.83. The fourth-order valence-electron chi connectivity index (χ4n) is 0.768. The molecule has 1 heterocycles. The molecule has 1 atom stereocenters. The molecule has 1 unspecified atom stereocenters. The van der Waals surface area contributed by atoms with Crippen molar-refractivity contribution in [2.75, 3.05) is 11.9 Å². The van der Waals surface area contributed by atoms with Crippen molar-refractivity contribution in [3.05, 3.63) is 24.5 Å². The molecule has 5 nitrogen and oxygen atoms in total. The van der Waals surface area contributed by atoms with Gasteiger partial charge in [0, 0.05) is 24.6 Å². The van der Waals surface area contributed by atoms with Crippen molar-refractivity contribution in [2.24, 2.45) is 5.73 Å². The van der Waals surface area contributed by atoms with Gasteiger partial charge in [-0.15, -0.1) is 0 Å². The molecule has 1 aromatic rings. The van der Waals surface area contributed by atoms with E-state index in [0.29, 0.717) is 5.69 Å². The Morgan fingerprint density at radius 2 is 2.23 bits per heavy atom. The number of rotatable bonds is 3. The van der Waals surface area contributed by atoms with Crippen molar-refractivity contribution in [1.82, 2.24) is 4.98 Å². The monoisotopic (exact) mass is 181 g/mol. The summed E-state index contributed by atoms with van der Waals surface area (Å²) in [6.07, 6.45) is 1.93. The average Bonchev–Trinajstić information content (AvgIpc) is 2.18. The maximum atomic E-state index is 11.1. The number of hydrogen-bond acceptors (Lipinski definition) is 4. The summed E-state index contributed by atoms with van der Waals surface area (Å²) >= 11 is 0. The Balaban J connectivity index is 2.55. The summed E-state index contributed by atoms with van der Waals surface area (Å²) in [6.45, 7) is -0.0864. The van der Waals surface area contributed by atoms with Crippen molar-refractivity contribution in [3.8, 4) is 0 Å². The number of hydrogen-bond donors (Lipinski definition) is 3. The smallest absolute Gasteiger partial charge is 0.254 e. The van der Waals surface area contributed by atoms with Crippen LogP contribution in [0.4, 0.5) is 5.69 Å². The van der Waals surface area contributed by atoms with E-state index in [1.165, 1.54) is 0 Å². The SMILES string of the molecule is NCC(O)C(=O)Nc1ccncc1. The van der Waals surface area contributed by atoms with E-state index in [0.717, 1.165) is 0 Å². The summed E-state index contributed by atoms with van der Waals surface area (Å²) in [5.74, 6) is -0.506. The topological polar surface area (TPSA) is 88.2 Å². The van der Waals surface area contributed by atoms with Crippen LogP contribution in [0, 0.1) is 0 Å². The van der Waals surface area contributed by atoms with Gasteiger partial charge in [0.05, 0.1) is 0 Å². The first-order valence-electron chi connectivity index (χ1n) is 3.83. The van der Waals surface area contributed by atoms with Crippen LogP contribution < -0.4 is 11.1 Å². The van der Waals surface area contributed by atoms with Gasteiger partial charge in [0.1, 0.15) is 6.10 Å². The van der Waals surface area contributed by atoms with Gasteiger partial charge >= 0.3 is 0 Å². The highest BCUT2D eigenvalue weighted by molar-refractivity contribution is 5.93. The lowest BCUT2D eigenvalue weighted by atomic mass is 10.3. The zero-order valence-electron chi connectivity index (χ0n) is 6.97. The molecule has 0 aliphatic carbocycles. The van der Waals surface area contributed by atoms with Crippen LogP contribution >= 0.6 is 0 Å². The summed E-state index contributed by atoms with van der Waals surface area (Å²) in [4.78, 5) is 14.9. The zero-order chi connectivity index (χ0) is 9.68. The number of aliphatic hydroxyl groups excluding tert-OH is 1. The Kier molecular flexibility index (Phi) is 3.36. The molecule has 0 aromatic carbocycles. The zero-order valence-corrected chi connectivity index (χ0v) is 6.97. The summed E-state index contributed by atoms with van der Waals surface area (Å²) in [7, 11) is 0. The van der Waals surface area contributed by atoms with E-state index in [-0.39, 0.29) is 6.54 Å². The predicted octanol–water partition coefficient (Wildman–Crippen LogP) is -0.660. The molecule has 0 aliphatic rings. The van der Waals surface area contributed by atoms with Crippen molar-refractivity contribution in [3.63, 3.8) is 0 Å². The lowest BCUT2D eigenvalue weighted by Gasteiger charge is -2.08. The van der Waals surface area contributed by atoms with Gasteiger partial charge in [-0.1, -0.05) is 0 Å². The highest BCUT2D eigenvalue weighted by atomic mass is 16.3. The molecule has 1 amide bonds. The molecule has 0 spiro atoms. The second kappa shape index (κ2) is 4.54. The summed E-state index contributed by atoms with van der Waals surface area (Å²) in [5, 5.41) is 11.5. The van der Waals surface area contributed by atoms with Crippen LogP contribution in [0.1, 0.15) is 0 Å². The van der Waals surface area contributed by atoms with Gasteiger partial charge in [0.15, 0.2) is 0 Å². The standard InChI is InChI=1S/C8H11N3O2/c9-5-7(12)8(13)11-6-1-3-10-4-2-6/h1-4,7,12H,5,9H2,(H,10,11,13). The van der Waals surface area contributed by atoms with Crippen LogP contribution in [0.2, 0.25) is 0 Å². The molecule has 0 radical (unpaired) electrons. The molecule has 5 heteroatoms. The largest absolute Gasteiger partial charge is 0.382 e. The van der Waals surface area contributed by atoms with Crippen molar-refractivity contribution in [1.29, 1.82) is 0 Å². The van der Waals surface area contributed by atoms with E-state index >= 15 is 0 Å². The van der Waals surface area contributed by atoms with Crippen LogP contribution in [0.15, 0.2) is 24.5 Å². The molecule has 0 aliphatic heterocycles. The van der Waals surface area contributed by atoms with Gasteiger partial charge in [-0.3, -0.25) is 9.78 Å². The number of nitrogens with two attached hydrogens (primary N) is 1. The van der Waals surface area contributed by atoms with E-state index in [1.807, 2.05) is 0 Å². The Morgan fingerprint density at radius 3 is 2.77 bits per heavy atom. The second-order valence-electron chi connectivity index (χ2n) is 2.48. The number of carbonyl (C=O) groups excluding carboxylic acids is 1. The number of aromatic nitrogens is 1. The quantitative estimate of drug-likeness (QED) is 0.577. The average molecular weight is 181 g/mol. The third-order valence-electron chi connectivity index (χ3n) is 1.47. The van der Waals surface area contributed by atoms with Gasteiger partial charge in [-0.05, 0) is 12.1 Å². The van der Waals surface area contributed by atoms with Crippen LogP contribution in [0.5, 0.6) is 0 Å². The van der Waals surface area contributed by atoms with Gasteiger partial charge in [0.25, 0.3) is 5.91 Å². The molecule has 13 heavy (non-hydrogen) atoms. The molecule has 0 fully saturated rings. The van der Waals surface area contributed by atoms with E-state index in [1.54, 1.807) is 24.5 Å². The number of pyridine rings is 1. The van der Waals surface area contributed by atoms with Crippen molar-refractivity contribution < 1.29 is 9.90 Å². The fourth-order valence-corrected chi connectivity index (χ4v) is 0.768. The predicted molar refractivity (Wildman–Crippen MR) is 47.9 cm³/mol. The molecule has 0 bridgehead atoms. The van der Waals surface area contributed by atoms with Crippen molar-refractivity contribution >= 4 is 11.6 Å². The fraction of sp³-hybridized carbons (Fsp3) is 0.250. The summed E-state index contributed by atoms with van der Waals surface area (Å²) < 4.78 is 0. The molecule has 1 aromatic heterocycles. The number of carbonyl (C=O) groups is 1. The van der Waals surface area contributed by atoms with E-state index in [9.17, 15) is 4.79 Å². The minimum atomic E-state index is -1.16. The highest BCUT2D eigenvalue weighted by Crippen LogP contribution is 2.03. The van der Waals surface area contributed by atoms with E-state index in [4.69, 9.17) is 10.8 Å². The maximum Gasteiger partial charge on any atom is 0.254 e. The van der Waals surface area contributed by atoms with Gasteiger partial charge in [-0.25, -0.2) is 0 Å². The third kappa shape index (κ3) is 2.81. The molecular formula is C8H11N3O2.